The van der Waals surface area contributed by atoms with Gasteiger partial charge in [-0.3, -0.25) is 0 Å². The number of unbranched alkanes of at least 4 members (excludes halogenated alkanes) is 2. The summed E-state index contributed by atoms with van der Waals surface area (Å²) in [5, 5.41) is 12.0. The van der Waals surface area contributed by atoms with Crippen LogP contribution in [0.3, 0.4) is 0 Å². The Morgan fingerprint density at radius 3 is 2.62 bits per heavy atom. The first-order valence-corrected chi connectivity index (χ1v) is 7.68. The van der Waals surface area contributed by atoms with Crippen molar-refractivity contribution in [2.24, 2.45) is 0 Å². The molecule has 0 aromatic heterocycles. The smallest absolute Gasteiger partial charge is 0.0621 e. The maximum absolute atomic E-state index is 8.43. The van der Waals surface area contributed by atoms with Crippen molar-refractivity contribution in [1.82, 2.24) is 5.32 Å². The van der Waals surface area contributed by atoms with E-state index in [0.717, 1.165) is 25.9 Å². The van der Waals surface area contributed by atoms with Gasteiger partial charge < -0.3 is 5.32 Å². The Bertz CT molecular complexity index is 216. The molecule has 0 aliphatic heterocycles. The lowest BCUT2D eigenvalue weighted by atomic mass is 9.88. The highest BCUT2D eigenvalue weighted by molar-refractivity contribution is 8.00. The molecule has 0 aromatic rings. The van der Waals surface area contributed by atoms with E-state index in [1.807, 2.05) is 11.8 Å². The van der Waals surface area contributed by atoms with Gasteiger partial charge >= 0.3 is 0 Å². The molecule has 1 aliphatic rings. The minimum atomic E-state index is 0.507. The molecule has 0 atom stereocenters. The summed E-state index contributed by atoms with van der Waals surface area (Å²) in [7, 11) is 0. The van der Waals surface area contributed by atoms with E-state index in [0.29, 0.717) is 11.2 Å². The predicted molar refractivity (Wildman–Crippen MR) is 71.7 cm³/mol. The van der Waals surface area contributed by atoms with Crippen LogP contribution in [0, 0.1) is 11.3 Å². The second kappa shape index (κ2) is 7.97. The first-order valence-electron chi connectivity index (χ1n) is 6.46. The van der Waals surface area contributed by atoms with E-state index in [1.165, 1.54) is 32.1 Å². The molecule has 1 saturated carbocycles. The van der Waals surface area contributed by atoms with Gasteiger partial charge in [-0.2, -0.15) is 17.0 Å². The average molecular weight is 240 g/mol. The lowest BCUT2D eigenvalue weighted by molar-refractivity contribution is 0.379. The van der Waals surface area contributed by atoms with Crippen molar-refractivity contribution >= 4 is 11.8 Å². The minimum absolute atomic E-state index is 0.507. The summed E-state index contributed by atoms with van der Waals surface area (Å²) in [5.41, 5.74) is 0. The third-order valence-corrected chi connectivity index (χ3v) is 4.96. The second-order valence-corrected chi connectivity index (χ2v) is 6.01. The van der Waals surface area contributed by atoms with Crippen LogP contribution in [0.15, 0.2) is 0 Å². The summed E-state index contributed by atoms with van der Waals surface area (Å²) in [6.07, 6.45) is 12.1. The molecule has 0 radical (unpaired) electrons. The van der Waals surface area contributed by atoms with Gasteiger partial charge in [0.25, 0.3) is 0 Å². The standard InChI is InChI=1S/C13H24N2S/c1-16-13(8-4-2-5-9-13)12-15-11-7-3-6-10-14/h15H,2-9,11-12H2,1H3. The van der Waals surface area contributed by atoms with Crippen molar-refractivity contribution in [3.05, 3.63) is 0 Å². The molecule has 0 bridgehead atoms. The number of hydrogen-bond donors (Lipinski definition) is 1. The molecule has 16 heavy (non-hydrogen) atoms. The van der Waals surface area contributed by atoms with E-state index < -0.39 is 0 Å². The number of nitriles is 1. The number of hydrogen-bond acceptors (Lipinski definition) is 3. The zero-order valence-corrected chi connectivity index (χ0v) is 11.2. The monoisotopic (exact) mass is 240 g/mol. The number of nitrogens with zero attached hydrogens (tertiary/aromatic N) is 1. The Labute approximate surface area is 104 Å². The molecule has 0 aromatic carbocycles. The molecule has 0 amide bonds. The van der Waals surface area contributed by atoms with E-state index in [-0.39, 0.29) is 0 Å². The van der Waals surface area contributed by atoms with Gasteiger partial charge in [-0.25, -0.2) is 0 Å². The molecule has 1 aliphatic carbocycles. The van der Waals surface area contributed by atoms with Gasteiger partial charge in [0.2, 0.25) is 0 Å². The fraction of sp³-hybridized carbons (Fsp3) is 0.923. The van der Waals surface area contributed by atoms with Crippen LogP contribution in [0.5, 0.6) is 0 Å². The molecule has 3 heteroatoms. The van der Waals surface area contributed by atoms with E-state index in [4.69, 9.17) is 5.26 Å². The molecular formula is C13H24N2S. The van der Waals surface area contributed by atoms with Gasteiger partial charge in [0.05, 0.1) is 6.07 Å². The van der Waals surface area contributed by atoms with Gasteiger partial charge in [-0.15, -0.1) is 0 Å². The van der Waals surface area contributed by atoms with Crippen LogP contribution < -0.4 is 5.32 Å². The van der Waals surface area contributed by atoms with Crippen LogP contribution in [0.2, 0.25) is 0 Å². The highest BCUT2D eigenvalue weighted by Gasteiger charge is 2.30. The summed E-state index contributed by atoms with van der Waals surface area (Å²) >= 11 is 2.05. The number of rotatable bonds is 7. The van der Waals surface area contributed by atoms with Crippen molar-refractivity contribution in [3.8, 4) is 6.07 Å². The van der Waals surface area contributed by atoms with Crippen molar-refractivity contribution in [3.63, 3.8) is 0 Å². The lowest BCUT2D eigenvalue weighted by Gasteiger charge is -2.36. The first kappa shape index (κ1) is 13.9. The zero-order chi connectivity index (χ0) is 11.7. The zero-order valence-electron chi connectivity index (χ0n) is 10.4. The molecule has 0 heterocycles. The Kier molecular flexibility index (Phi) is 6.91. The highest BCUT2D eigenvalue weighted by atomic mass is 32.2. The van der Waals surface area contributed by atoms with Gasteiger partial charge in [-0.05, 0) is 38.5 Å². The van der Waals surface area contributed by atoms with Gasteiger partial charge in [0.15, 0.2) is 0 Å². The van der Waals surface area contributed by atoms with Crippen LogP contribution in [0.4, 0.5) is 0 Å². The fourth-order valence-electron chi connectivity index (χ4n) is 2.42. The number of nitrogens with one attached hydrogen (secondary N) is 1. The van der Waals surface area contributed by atoms with Crippen LogP contribution in [0.1, 0.15) is 51.4 Å². The van der Waals surface area contributed by atoms with Crippen LogP contribution in [-0.2, 0) is 0 Å². The molecule has 92 valence electrons. The lowest BCUT2D eigenvalue weighted by Crippen LogP contribution is -2.39. The molecule has 0 unspecified atom stereocenters. The molecule has 1 fully saturated rings. The quantitative estimate of drug-likeness (QED) is 0.693. The van der Waals surface area contributed by atoms with Crippen molar-refractivity contribution in [1.29, 1.82) is 5.26 Å². The molecular weight excluding hydrogens is 216 g/mol. The molecule has 0 saturated heterocycles. The van der Waals surface area contributed by atoms with Crippen LogP contribution in [-0.4, -0.2) is 24.1 Å². The van der Waals surface area contributed by atoms with Crippen molar-refractivity contribution in [2.75, 3.05) is 19.3 Å². The Morgan fingerprint density at radius 1 is 1.25 bits per heavy atom. The largest absolute Gasteiger partial charge is 0.315 e. The summed E-state index contributed by atoms with van der Waals surface area (Å²) in [5.74, 6) is 0. The summed E-state index contributed by atoms with van der Waals surface area (Å²) in [4.78, 5) is 0. The van der Waals surface area contributed by atoms with Gasteiger partial charge in [0, 0.05) is 17.7 Å². The van der Waals surface area contributed by atoms with Crippen molar-refractivity contribution in [2.45, 2.75) is 56.1 Å². The molecule has 2 nitrogen and oxygen atoms in total. The SMILES string of the molecule is CSC1(CNCCCCC#N)CCCCC1. The highest BCUT2D eigenvalue weighted by Crippen LogP contribution is 2.37. The maximum Gasteiger partial charge on any atom is 0.0621 e. The number of thioether (sulfide) groups is 1. The Morgan fingerprint density at radius 2 is 2.00 bits per heavy atom. The molecule has 1 rings (SSSR count). The van der Waals surface area contributed by atoms with E-state index in [1.54, 1.807) is 0 Å². The van der Waals surface area contributed by atoms with Gasteiger partial charge in [-0.1, -0.05) is 19.3 Å². The first-order chi connectivity index (χ1) is 7.83. The molecule has 0 spiro atoms. The minimum Gasteiger partial charge on any atom is -0.315 e. The van der Waals surface area contributed by atoms with Gasteiger partial charge in [0.1, 0.15) is 0 Å². The summed E-state index contributed by atoms with van der Waals surface area (Å²) in [6.45, 7) is 2.23. The van der Waals surface area contributed by atoms with E-state index in [2.05, 4.69) is 17.6 Å². The van der Waals surface area contributed by atoms with E-state index in [9.17, 15) is 0 Å². The third-order valence-electron chi connectivity index (χ3n) is 3.54. The Hall–Kier alpha value is -0.200. The Balaban J connectivity index is 2.11. The van der Waals surface area contributed by atoms with Crippen molar-refractivity contribution < 1.29 is 0 Å². The predicted octanol–water partition coefficient (Wildman–Crippen LogP) is 3.34. The topological polar surface area (TPSA) is 35.8 Å². The average Bonchev–Trinajstić information content (AvgIpc) is 2.35. The summed E-state index contributed by atoms with van der Waals surface area (Å²) < 4.78 is 0.507. The fourth-order valence-corrected chi connectivity index (χ4v) is 3.36. The summed E-state index contributed by atoms with van der Waals surface area (Å²) in [6, 6.07) is 2.19. The molecule has 1 N–H and O–H groups in total. The van der Waals surface area contributed by atoms with E-state index >= 15 is 0 Å². The normalized spacial score (nSPS) is 19.2. The van der Waals surface area contributed by atoms with Crippen LogP contribution in [0.25, 0.3) is 0 Å². The maximum atomic E-state index is 8.43. The van der Waals surface area contributed by atoms with Crippen LogP contribution >= 0.6 is 11.8 Å². The third kappa shape index (κ3) is 4.76. The second-order valence-electron chi connectivity index (χ2n) is 4.74.